The Morgan fingerprint density at radius 2 is 1.96 bits per heavy atom. The Morgan fingerprint density at radius 1 is 1.36 bits per heavy atom. The second-order valence-corrected chi connectivity index (χ2v) is 5.89. The molecule has 0 N–H and O–H groups in total. The third-order valence-corrected chi connectivity index (χ3v) is 4.20. The molecule has 0 aliphatic rings. The molecule has 2 aromatic rings. The fourth-order valence-electron chi connectivity index (χ4n) is 2.18. The first-order chi connectivity index (χ1) is 11.7. The predicted molar refractivity (Wildman–Crippen MR) is 85.8 cm³/mol. The van der Waals surface area contributed by atoms with Crippen LogP contribution in [-0.4, -0.2) is 17.8 Å². The lowest BCUT2D eigenvalue weighted by atomic mass is 10.1. The highest BCUT2D eigenvalue weighted by atomic mass is 79.9. The number of aromatic nitrogens is 1. The van der Waals surface area contributed by atoms with Crippen molar-refractivity contribution in [2.75, 3.05) is 7.11 Å². The van der Waals surface area contributed by atoms with Crippen LogP contribution in [0.15, 0.2) is 28.7 Å². The summed E-state index contributed by atoms with van der Waals surface area (Å²) in [5.74, 6) is 0. The number of carbonyl (C=O) groups excluding carboxylic acids is 1. The van der Waals surface area contributed by atoms with Crippen molar-refractivity contribution in [1.82, 2.24) is 4.57 Å². The normalized spacial score (nSPS) is 11.1. The van der Waals surface area contributed by atoms with Crippen LogP contribution in [0.3, 0.4) is 0 Å². The molecule has 25 heavy (non-hydrogen) atoms. The van der Waals surface area contributed by atoms with Gasteiger partial charge in [0.1, 0.15) is 11.8 Å². The van der Waals surface area contributed by atoms with Crippen LogP contribution in [-0.2, 0) is 22.4 Å². The van der Waals surface area contributed by atoms with E-state index in [4.69, 9.17) is 11.6 Å². The van der Waals surface area contributed by atoms with Crippen molar-refractivity contribution in [3.05, 3.63) is 45.0 Å². The summed E-state index contributed by atoms with van der Waals surface area (Å²) < 4.78 is 49.6. The number of hydrogen-bond acceptors (Lipinski definition) is 4. The number of carbonyl (C=O) groups is 1. The Bertz CT molecular complexity index is 842. The molecule has 0 amide bonds. The van der Waals surface area contributed by atoms with Gasteiger partial charge < -0.3 is 14.0 Å². The molecule has 0 spiro atoms. The first-order valence-electron chi connectivity index (χ1n) is 6.56. The van der Waals surface area contributed by atoms with E-state index in [0.717, 1.165) is 7.11 Å². The summed E-state index contributed by atoms with van der Waals surface area (Å²) in [7, 11) is 1.03. The number of halogens is 5. The standard InChI is InChI=1S/C15H9BrClF3N2O3/c1-24-14(23)25-7-22-12(8-2-4-9(17)5-3-8)10(6-21)11(16)13(22)15(18,19)20/h2-5H,7H2,1H3. The smallest absolute Gasteiger partial charge is 0.438 e. The van der Waals surface area contributed by atoms with E-state index < -0.39 is 29.2 Å². The van der Waals surface area contributed by atoms with E-state index in [1.807, 2.05) is 0 Å². The quantitative estimate of drug-likeness (QED) is 0.619. The van der Waals surface area contributed by atoms with Gasteiger partial charge in [0.25, 0.3) is 0 Å². The highest BCUT2D eigenvalue weighted by molar-refractivity contribution is 9.10. The molecule has 0 bridgehead atoms. The predicted octanol–water partition coefficient (Wildman–Crippen LogP) is 5.20. The Balaban J connectivity index is 2.72. The zero-order valence-electron chi connectivity index (χ0n) is 12.5. The third-order valence-electron chi connectivity index (χ3n) is 3.18. The molecule has 0 fully saturated rings. The van der Waals surface area contributed by atoms with E-state index in [1.54, 1.807) is 6.07 Å². The van der Waals surface area contributed by atoms with Crippen LogP contribution in [0.4, 0.5) is 18.0 Å². The van der Waals surface area contributed by atoms with Crippen LogP contribution in [0.1, 0.15) is 11.3 Å². The van der Waals surface area contributed by atoms with Gasteiger partial charge in [0.2, 0.25) is 0 Å². The van der Waals surface area contributed by atoms with Gasteiger partial charge in [-0.15, -0.1) is 0 Å². The largest absolute Gasteiger partial charge is 0.509 e. The van der Waals surface area contributed by atoms with Gasteiger partial charge in [-0.1, -0.05) is 23.7 Å². The molecule has 132 valence electrons. The molecule has 1 heterocycles. The van der Waals surface area contributed by atoms with Gasteiger partial charge in [-0.3, -0.25) is 0 Å². The number of benzene rings is 1. The number of alkyl halides is 3. The van der Waals surface area contributed by atoms with Crippen LogP contribution >= 0.6 is 27.5 Å². The maximum Gasteiger partial charge on any atom is 0.509 e. The van der Waals surface area contributed by atoms with Crippen molar-refractivity contribution < 1.29 is 27.4 Å². The van der Waals surface area contributed by atoms with Gasteiger partial charge in [-0.25, -0.2) is 4.79 Å². The zero-order valence-corrected chi connectivity index (χ0v) is 14.9. The summed E-state index contributed by atoms with van der Waals surface area (Å²) in [5, 5.41) is 9.70. The molecule has 0 unspecified atom stereocenters. The first-order valence-corrected chi connectivity index (χ1v) is 7.73. The minimum Gasteiger partial charge on any atom is -0.438 e. The average molecular weight is 438 g/mol. The Labute approximate surface area is 153 Å². The van der Waals surface area contributed by atoms with Crippen molar-refractivity contribution in [3.8, 4) is 17.3 Å². The maximum absolute atomic E-state index is 13.5. The molecule has 0 saturated heterocycles. The highest BCUT2D eigenvalue weighted by Crippen LogP contribution is 2.43. The molecular weight excluding hydrogens is 429 g/mol. The Hall–Kier alpha value is -2.18. The van der Waals surface area contributed by atoms with E-state index in [9.17, 15) is 23.2 Å². The molecule has 1 aromatic carbocycles. The molecular formula is C15H9BrClF3N2O3. The molecule has 10 heteroatoms. The number of nitrogens with zero attached hydrogens (tertiary/aromatic N) is 2. The Kier molecular flexibility index (Phi) is 5.65. The van der Waals surface area contributed by atoms with E-state index >= 15 is 0 Å². The van der Waals surface area contributed by atoms with Crippen LogP contribution in [0, 0.1) is 11.3 Å². The summed E-state index contributed by atoms with van der Waals surface area (Å²) >= 11 is 8.62. The lowest BCUT2D eigenvalue weighted by Gasteiger charge is -2.15. The highest BCUT2D eigenvalue weighted by Gasteiger charge is 2.41. The summed E-state index contributed by atoms with van der Waals surface area (Å²) in [6.07, 6.45) is -5.95. The number of nitriles is 1. The van der Waals surface area contributed by atoms with E-state index in [0.29, 0.717) is 15.2 Å². The van der Waals surface area contributed by atoms with Gasteiger partial charge in [-0.2, -0.15) is 18.4 Å². The summed E-state index contributed by atoms with van der Waals surface area (Å²) in [6.45, 7) is -0.792. The lowest BCUT2D eigenvalue weighted by Crippen LogP contribution is -2.18. The SMILES string of the molecule is COC(=O)OCn1c(-c2ccc(Cl)cc2)c(C#N)c(Br)c1C(F)(F)F. The second kappa shape index (κ2) is 7.37. The molecule has 0 aliphatic heterocycles. The summed E-state index contributed by atoms with van der Waals surface area (Å²) in [6, 6.07) is 7.60. The Morgan fingerprint density at radius 3 is 2.44 bits per heavy atom. The summed E-state index contributed by atoms with van der Waals surface area (Å²) in [5.41, 5.74) is -1.17. The van der Waals surface area contributed by atoms with Crippen LogP contribution in [0.5, 0.6) is 0 Å². The molecule has 0 atom stereocenters. The molecule has 2 rings (SSSR count). The average Bonchev–Trinajstić information content (AvgIpc) is 2.84. The van der Waals surface area contributed by atoms with Gasteiger partial charge >= 0.3 is 12.3 Å². The first kappa shape index (κ1) is 19.1. The van der Waals surface area contributed by atoms with Crippen LogP contribution in [0.25, 0.3) is 11.3 Å². The van der Waals surface area contributed by atoms with Gasteiger partial charge in [0.05, 0.1) is 22.8 Å². The van der Waals surface area contributed by atoms with Gasteiger partial charge in [0, 0.05) is 5.02 Å². The monoisotopic (exact) mass is 436 g/mol. The van der Waals surface area contributed by atoms with Crippen molar-refractivity contribution in [3.63, 3.8) is 0 Å². The number of methoxy groups -OCH3 is 1. The van der Waals surface area contributed by atoms with E-state index in [1.165, 1.54) is 24.3 Å². The lowest BCUT2D eigenvalue weighted by molar-refractivity contribution is -0.145. The van der Waals surface area contributed by atoms with Crippen molar-refractivity contribution in [1.29, 1.82) is 5.26 Å². The van der Waals surface area contributed by atoms with Gasteiger partial charge in [-0.05, 0) is 33.6 Å². The summed E-state index contributed by atoms with van der Waals surface area (Å²) in [4.78, 5) is 11.2. The van der Waals surface area contributed by atoms with Crippen molar-refractivity contribution in [2.45, 2.75) is 12.9 Å². The van der Waals surface area contributed by atoms with Crippen LogP contribution in [0.2, 0.25) is 5.02 Å². The number of hydrogen-bond donors (Lipinski definition) is 0. The molecule has 0 saturated carbocycles. The van der Waals surface area contributed by atoms with E-state index in [2.05, 4.69) is 25.4 Å². The topological polar surface area (TPSA) is 64.2 Å². The fourth-order valence-corrected chi connectivity index (χ4v) is 3.02. The minimum atomic E-state index is -4.80. The number of rotatable bonds is 3. The molecule has 1 aromatic heterocycles. The molecule has 0 radical (unpaired) electrons. The maximum atomic E-state index is 13.5. The minimum absolute atomic E-state index is 0.0673. The number of ether oxygens (including phenoxy) is 2. The van der Waals surface area contributed by atoms with E-state index in [-0.39, 0.29) is 11.3 Å². The molecule has 5 nitrogen and oxygen atoms in total. The third kappa shape index (κ3) is 3.91. The van der Waals surface area contributed by atoms with Crippen molar-refractivity contribution in [2.24, 2.45) is 0 Å². The van der Waals surface area contributed by atoms with Crippen LogP contribution < -0.4 is 0 Å². The van der Waals surface area contributed by atoms with Crippen molar-refractivity contribution >= 4 is 33.7 Å². The van der Waals surface area contributed by atoms with Gasteiger partial charge in [0.15, 0.2) is 6.73 Å². The fraction of sp³-hybridized carbons (Fsp3) is 0.200. The molecule has 0 aliphatic carbocycles. The zero-order chi connectivity index (χ0) is 18.8. The second-order valence-electron chi connectivity index (χ2n) is 4.66.